The van der Waals surface area contributed by atoms with Crippen LogP contribution in [0, 0.1) is 5.82 Å². The van der Waals surface area contributed by atoms with Crippen LogP contribution in [0.15, 0.2) is 42.5 Å². The summed E-state index contributed by atoms with van der Waals surface area (Å²) in [6.07, 6.45) is 0. The summed E-state index contributed by atoms with van der Waals surface area (Å²) in [4.78, 5) is 4.40. The molecule has 0 spiro atoms. The van der Waals surface area contributed by atoms with Gasteiger partial charge in [-0.15, -0.1) is 0 Å². The van der Waals surface area contributed by atoms with Gasteiger partial charge in [-0.3, -0.25) is 4.90 Å². The van der Waals surface area contributed by atoms with Gasteiger partial charge in [0.2, 0.25) is 0 Å². The van der Waals surface area contributed by atoms with Crippen molar-refractivity contribution in [3.05, 3.63) is 65.0 Å². The molecule has 0 bridgehead atoms. The maximum absolute atomic E-state index is 13.5. The first-order valence-electron chi connectivity index (χ1n) is 7.57. The zero-order chi connectivity index (χ0) is 15.7. The number of benzene rings is 2. The maximum atomic E-state index is 13.5. The summed E-state index contributed by atoms with van der Waals surface area (Å²) >= 11 is 0. The first kappa shape index (κ1) is 15.0. The minimum atomic E-state index is -0.186. The molecule has 0 saturated carbocycles. The minimum absolute atomic E-state index is 0.0965. The van der Waals surface area contributed by atoms with Crippen LogP contribution >= 0.6 is 0 Å². The predicted molar refractivity (Wildman–Crippen MR) is 88.2 cm³/mol. The first-order valence-corrected chi connectivity index (χ1v) is 7.57. The van der Waals surface area contributed by atoms with Crippen molar-refractivity contribution in [3.8, 4) is 0 Å². The summed E-state index contributed by atoms with van der Waals surface area (Å²) in [6, 6.07) is 13.7. The Hall–Kier alpha value is -1.91. The Morgan fingerprint density at radius 2 is 1.91 bits per heavy atom. The average molecular weight is 299 g/mol. The van der Waals surface area contributed by atoms with Crippen LogP contribution < -0.4 is 10.6 Å². The van der Waals surface area contributed by atoms with Crippen molar-refractivity contribution in [1.82, 2.24) is 4.90 Å². The number of anilines is 1. The van der Waals surface area contributed by atoms with E-state index >= 15 is 0 Å². The molecular weight excluding hydrogens is 277 g/mol. The molecule has 1 unspecified atom stereocenters. The van der Waals surface area contributed by atoms with Gasteiger partial charge in [0.1, 0.15) is 5.82 Å². The van der Waals surface area contributed by atoms with Crippen molar-refractivity contribution in [3.63, 3.8) is 0 Å². The lowest BCUT2D eigenvalue weighted by Crippen LogP contribution is -2.27. The molecule has 0 saturated heterocycles. The van der Waals surface area contributed by atoms with Crippen molar-refractivity contribution in [2.45, 2.75) is 19.1 Å². The van der Waals surface area contributed by atoms with E-state index in [9.17, 15) is 4.39 Å². The summed E-state index contributed by atoms with van der Waals surface area (Å²) < 4.78 is 13.5. The van der Waals surface area contributed by atoms with Crippen LogP contribution in [0.3, 0.4) is 0 Å². The summed E-state index contributed by atoms with van der Waals surface area (Å²) in [7, 11) is 4.07. The molecule has 0 radical (unpaired) electrons. The molecule has 0 aliphatic carbocycles. The fourth-order valence-electron chi connectivity index (χ4n) is 3.12. The van der Waals surface area contributed by atoms with Gasteiger partial charge in [-0.1, -0.05) is 18.2 Å². The van der Waals surface area contributed by atoms with Crippen LogP contribution in [-0.2, 0) is 13.1 Å². The molecular formula is C18H22FN3. The summed E-state index contributed by atoms with van der Waals surface area (Å²) in [5, 5.41) is 0. The first-order chi connectivity index (χ1) is 10.6. The molecule has 3 nitrogen and oxygen atoms in total. The fraction of sp³-hybridized carbons (Fsp3) is 0.333. The van der Waals surface area contributed by atoms with Crippen molar-refractivity contribution >= 4 is 5.69 Å². The van der Waals surface area contributed by atoms with Crippen molar-refractivity contribution in [1.29, 1.82) is 0 Å². The highest BCUT2D eigenvalue weighted by atomic mass is 19.1. The molecule has 2 aromatic carbocycles. The second kappa shape index (κ2) is 6.07. The largest absolute Gasteiger partial charge is 0.378 e. The lowest BCUT2D eigenvalue weighted by atomic mass is 10.0. The van der Waals surface area contributed by atoms with E-state index in [2.05, 4.69) is 34.1 Å². The highest BCUT2D eigenvalue weighted by Gasteiger charge is 2.29. The second-order valence-electron chi connectivity index (χ2n) is 6.06. The Balaban J connectivity index is 1.78. The Labute approximate surface area is 131 Å². The van der Waals surface area contributed by atoms with Gasteiger partial charge in [0.05, 0.1) is 0 Å². The Morgan fingerprint density at radius 3 is 2.55 bits per heavy atom. The summed E-state index contributed by atoms with van der Waals surface area (Å²) in [5.41, 5.74) is 10.6. The molecule has 3 rings (SSSR count). The Kier molecular flexibility index (Phi) is 4.14. The van der Waals surface area contributed by atoms with Crippen LogP contribution in [-0.4, -0.2) is 25.5 Å². The minimum Gasteiger partial charge on any atom is -0.378 e. The molecule has 0 amide bonds. The third-order valence-corrected chi connectivity index (χ3v) is 4.34. The van der Waals surface area contributed by atoms with Crippen molar-refractivity contribution in [2.24, 2.45) is 5.73 Å². The standard InChI is InChI=1S/C18H22FN3/c1-21(2)16-7-3-13(4-8-16)11-22-12-14-5-6-15(19)9-17(14)18(22)10-20/h3-9,18H,10-12,20H2,1-2H3. The SMILES string of the molecule is CN(C)c1ccc(CN2Cc3ccc(F)cc3C2CN)cc1. The lowest BCUT2D eigenvalue weighted by molar-refractivity contribution is 0.211. The van der Waals surface area contributed by atoms with Gasteiger partial charge in [-0.05, 0) is 41.0 Å². The van der Waals surface area contributed by atoms with E-state index in [1.165, 1.54) is 22.9 Å². The molecule has 1 heterocycles. The number of nitrogens with zero attached hydrogens (tertiary/aromatic N) is 2. The topological polar surface area (TPSA) is 32.5 Å². The number of hydrogen-bond acceptors (Lipinski definition) is 3. The maximum Gasteiger partial charge on any atom is 0.123 e. The number of hydrogen-bond donors (Lipinski definition) is 1. The van der Waals surface area contributed by atoms with Crippen LogP contribution in [0.2, 0.25) is 0 Å². The van der Waals surface area contributed by atoms with E-state index in [4.69, 9.17) is 5.73 Å². The highest BCUT2D eigenvalue weighted by Crippen LogP contribution is 2.34. The van der Waals surface area contributed by atoms with Crippen LogP contribution in [0.4, 0.5) is 10.1 Å². The van der Waals surface area contributed by atoms with E-state index in [1.54, 1.807) is 6.07 Å². The Bertz CT molecular complexity index is 652. The molecule has 4 heteroatoms. The quantitative estimate of drug-likeness (QED) is 0.942. The van der Waals surface area contributed by atoms with Gasteiger partial charge in [0.25, 0.3) is 0 Å². The average Bonchev–Trinajstić information content (AvgIpc) is 2.84. The van der Waals surface area contributed by atoms with Crippen molar-refractivity contribution in [2.75, 3.05) is 25.5 Å². The van der Waals surface area contributed by atoms with E-state index in [0.29, 0.717) is 6.54 Å². The van der Waals surface area contributed by atoms with E-state index in [-0.39, 0.29) is 11.9 Å². The highest BCUT2D eigenvalue weighted by molar-refractivity contribution is 5.46. The second-order valence-corrected chi connectivity index (χ2v) is 6.06. The molecule has 22 heavy (non-hydrogen) atoms. The van der Waals surface area contributed by atoms with Gasteiger partial charge in [-0.25, -0.2) is 4.39 Å². The normalized spacial score (nSPS) is 17.5. The van der Waals surface area contributed by atoms with Crippen LogP contribution in [0.5, 0.6) is 0 Å². The number of rotatable bonds is 4. The molecule has 0 fully saturated rings. The number of halogens is 1. The fourth-order valence-corrected chi connectivity index (χ4v) is 3.12. The van der Waals surface area contributed by atoms with Gasteiger partial charge in [-0.2, -0.15) is 0 Å². The molecule has 1 atom stereocenters. The lowest BCUT2D eigenvalue weighted by Gasteiger charge is -2.24. The molecule has 0 aromatic heterocycles. The van der Waals surface area contributed by atoms with Crippen LogP contribution in [0.25, 0.3) is 0 Å². The Morgan fingerprint density at radius 1 is 1.18 bits per heavy atom. The third-order valence-electron chi connectivity index (χ3n) is 4.34. The van der Waals surface area contributed by atoms with Crippen LogP contribution in [0.1, 0.15) is 22.7 Å². The molecule has 2 N–H and O–H groups in total. The number of fused-ring (bicyclic) bond motifs is 1. The zero-order valence-corrected chi connectivity index (χ0v) is 13.1. The monoisotopic (exact) mass is 299 g/mol. The molecule has 116 valence electrons. The van der Waals surface area contributed by atoms with E-state index in [1.807, 2.05) is 20.2 Å². The van der Waals surface area contributed by atoms with E-state index < -0.39 is 0 Å². The molecule has 1 aliphatic heterocycles. The third kappa shape index (κ3) is 2.85. The van der Waals surface area contributed by atoms with Gasteiger partial charge in [0.15, 0.2) is 0 Å². The predicted octanol–water partition coefficient (Wildman–Crippen LogP) is 2.91. The van der Waals surface area contributed by atoms with Gasteiger partial charge in [0, 0.05) is 45.5 Å². The molecule has 1 aliphatic rings. The van der Waals surface area contributed by atoms with E-state index in [0.717, 1.165) is 18.7 Å². The number of nitrogens with two attached hydrogens (primary N) is 1. The summed E-state index contributed by atoms with van der Waals surface area (Å²) in [5.74, 6) is -0.186. The summed E-state index contributed by atoms with van der Waals surface area (Å²) in [6.45, 7) is 2.16. The molecule has 2 aromatic rings. The van der Waals surface area contributed by atoms with Crippen molar-refractivity contribution < 1.29 is 4.39 Å². The van der Waals surface area contributed by atoms with Gasteiger partial charge >= 0.3 is 0 Å². The smallest absolute Gasteiger partial charge is 0.123 e. The van der Waals surface area contributed by atoms with Gasteiger partial charge < -0.3 is 10.6 Å². The zero-order valence-electron chi connectivity index (χ0n) is 13.1.